The van der Waals surface area contributed by atoms with Gasteiger partial charge in [-0.15, -0.1) is 0 Å². The fourth-order valence-corrected chi connectivity index (χ4v) is 2.14. The summed E-state index contributed by atoms with van der Waals surface area (Å²) in [6.45, 7) is 7.17. The number of hydrogen-bond acceptors (Lipinski definition) is 4. The maximum Gasteiger partial charge on any atom is 0.335 e. The van der Waals surface area contributed by atoms with Crippen LogP contribution in [-0.2, 0) is 4.79 Å². The van der Waals surface area contributed by atoms with Crippen molar-refractivity contribution < 1.29 is 29.7 Å². The van der Waals surface area contributed by atoms with E-state index in [1.807, 2.05) is 32.0 Å². The second kappa shape index (κ2) is 10.8. The number of aliphatic hydroxyl groups is 1. The van der Waals surface area contributed by atoms with Crippen LogP contribution in [0.25, 0.3) is 0 Å². The normalized spacial score (nSPS) is 11.1. The van der Waals surface area contributed by atoms with E-state index in [1.54, 1.807) is 26.0 Å². The summed E-state index contributed by atoms with van der Waals surface area (Å²) in [6, 6.07) is 11.4. The third kappa shape index (κ3) is 8.02. The van der Waals surface area contributed by atoms with Gasteiger partial charge in [-0.1, -0.05) is 26.0 Å². The van der Waals surface area contributed by atoms with Gasteiger partial charge in [-0.2, -0.15) is 0 Å². The van der Waals surface area contributed by atoms with E-state index in [0.29, 0.717) is 5.69 Å². The Balaban J connectivity index is 0.000000447. The van der Waals surface area contributed by atoms with Gasteiger partial charge in [0.15, 0.2) is 6.10 Å². The van der Waals surface area contributed by atoms with Crippen LogP contribution in [0, 0.1) is 19.8 Å². The van der Waals surface area contributed by atoms with Crippen LogP contribution in [0.3, 0.4) is 0 Å². The van der Waals surface area contributed by atoms with E-state index in [2.05, 4.69) is 10.6 Å². The topological polar surface area (TPSA) is 136 Å². The molecule has 1 atom stereocenters. The van der Waals surface area contributed by atoms with Gasteiger partial charge >= 0.3 is 18.0 Å². The van der Waals surface area contributed by atoms with Gasteiger partial charge < -0.3 is 26.0 Å². The Bertz CT molecular complexity index is 862. The average molecular weight is 402 g/mol. The Hall–Kier alpha value is -3.39. The van der Waals surface area contributed by atoms with Crippen LogP contribution in [0.5, 0.6) is 0 Å². The number of aliphatic carboxylic acids is 1. The third-order valence-electron chi connectivity index (χ3n) is 3.92. The molecular formula is C21H26N2O6. The number of hydrogen-bond donors (Lipinski definition) is 5. The van der Waals surface area contributed by atoms with E-state index in [9.17, 15) is 14.4 Å². The molecule has 5 N–H and O–H groups in total. The van der Waals surface area contributed by atoms with Gasteiger partial charge in [-0.25, -0.2) is 14.4 Å². The summed E-state index contributed by atoms with van der Waals surface area (Å²) in [7, 11) is 0. The number of aryl methyl sites for hydroxylation is 2. The monoisotopic (exact) mass is 402 g/mol. The van der Waals surface area contributed by atoms with Crippen LogP contribution < -0.4 is 10.6 Å². The minimum atomic E-state index is -1.21. The number of carbonyl (C=O) groups is 3. The minimum Gasteiger partial charge on any atom is -0.479 e. The highest BCUT2D eigenvalue weighted by Crippen LogP contribution is 2.17. The van der Waals surface area contributed by atoms with Crippen molar-refractivity contribution in [3.05, 3.63) is 59.2 Å². The lowest BCUT2D eigenvalue weighted by atomic mass is 10.1. The van der Waals surface area contributed by atoms with E-state index in [1.165, 1.54) is 12.1 Å². The number of rotatable bonds is 5. The number of carboxylic acid groups (broad SMARTS) is 2. The fraction of sp³-hybridized carbons (Fsp3) is 0.286. The molecule has 2 rings (SSSR count). The molecule has 0 aromatic heterocycles. The molecule has 1 unspecified atom stereocenters. The van der Waals surface area contributed by atoms with Gasteiger partial charge in [-0.3, -0.25) is 0 Å². The molecule has 156 valence electrons. The zero-order valence-electron chi connectivity index (χ0n) is 16.8. The Morgan fingerprint density at radius 1 is 0.897 bits per heavy atom. The Morgan fingerprint density at radius 3 is 1.93 bits per heavy atom. The van der Waals surface area contributed by atoms with E-state index >= 15 is 0 Å². The molecule has 0 saturated carbocycles. The van der Waals surface area contributed by atoms with Crippen molar-refractivity contribution in [1.82, 2.24) is 0 Å². The smallest absolute Gasteiger partial charge is 0.335 e. The lowest BCUT2D eigenvalue weighted by Crippen LogP contribution is -2.25. The third-order valence-corrected chi connectivity index (χ3v) is 3.92. The molecule has 0 bridgehead atoms. The molecule has 2 amide bonds. The van der Waals surface area contributed by atoms with E-state index in [-0.39, 0.29) is 17.5 Å². The highest BCUT2D eigenvalue weighted by Gasteiger charge is 2.16. The molecule has 0 saturated heterocycles. The number of urea groups is 1. The zero-order chi connectivity index (χ0) is 22.1. The van der Waals surface area contributed by atoms with Gasteiger partial charge in [-0.05, 0) is 61.2 Å². The molecule has 0 aliphatic rings. The fourth-order valence-electron chi connectivity index (χ4n) is 2.14. The molecule has 0 spiro atoms. The summed E-state index contributed by atoms with van der Waals surface area (Å²) in [5.74, 6) is -2.35. The van der Waals surface area contributed by atoms with Crippen LogP contribution in [0.1, 0.15) is 35.3 Å². The van der Waals surface area contributed by atoms with Crippen LogP contribution in [0.4, 0.5) is 16.2 Å². The largest absolute Gasteiger partial charge is 0.479 e. The highest BCUT2D eigenvalue weighted by atomic mass is 16.4. The van der Waals surface area contributed by atoms with Crippen molar-refractivity contribution in [3.8, 4) is 0 Å². The first-order chi connectivity index (χ1) is 13.5. The second-order valence-electron chi connectivity index (χ2n) is 6.81. The summed E-state index contributed by atoms with van der Waals surface area (Å²) in [6.07, 6.45) is -1.21. The second-order valence-corrected chi connectivity index (χ2v) is 6.81. The molecule has 29 heavy (non-hydrogen) atoms. The van der Waals surface area contributed by atoms with Crippen LogP contribution >= 0.6 is 0 Å². The minimum absolute atomic E-state index is 0.176. The van der Waals surface area contributed by atoms with Gasteiger partial charge in [0.05, 0.1) is 5.56 Å². The maximum atomic E-state index is 11.9. The number of carboxylic acids is 2. The predicted octanol–water partition coefficient (Wildman–Crippen LogP) is 3.73. The number of aromatic carboxylic acids is 1. The summed E-state index contributed by atoms with van der Waals surface area (Å²) in [5, 5.41) is 30.9. The molecule has 8 heteroatoms. The van der Waals surface area contributed by atoms with Crippen LogP contribution in [0.15, 0.2) is 42.5 Å². The van der Waals surface area contributed by atoms with Crippen molar-refractivity contribution in [2.75, 3.05) is 10.6 Å². The SMILES string of the molecule is CC(C)C(O)C(=O)O.Cc1ccc(C)c(NC(=O)Nc2ccc(C(=O)O)cc2)c1. The number of benzene rings is 2. The number of nitrogens with one attached hydrogen (secondary N) is 2. The Morgan fingerprint density at radius 2 is 1.48 bits per heavy atom. The Labute approximate surface area is 169 Å². The van der Waals surface area contributed by atoms with E-state index < -0.39 is 18.0 Å². The first kappa shape index (κ1) is 23.6. The van der Waals surface area contributed by atoms with Crippen molar-refractivity contribution in [2.24, 2.45) is 5.92 Å². The summed E-state index contributed by atoms with van der Waals surface area (Å²) >= 11 is 0. The number of anilines is 2. The van der Waals surface area contributed by atoms with Gasteiger partial charge in [0.25, 0.3) is 0 Å². The molecule has 0 aliphatic carbocycles. The molecule has 0 heterocycles. The van der Waals surface area contributed by atoms with E-state index in [0.717, 1.165) is 16.8 Å². The molecule has 0 aliphatic heterocycles. The molecule has 8 nitrogen and oxygen atoms in total. The quantitative estimate of drug-likeness (QED) is 0.517. The number of amides is 2. The lowest BCUT2D eigenvalue weighted by Gasteiger charge is -2.10. The van der Waals surface area contributed by atoms with Crippen LogP contribution in [0.2, 0.25) is 0 Å². The zero-order valence-corrected chi connectivity index (χ0v) is 16.8. The standard InChI is InChI=1S/C16H16N2O3.C5H10O3/c1-10-3-4-11(2)14(9-10)18-16(21)17-13-7-5-12(6-8-13)15(19)20;1-3(2)4(6)5(7)8/h3-9H,1-2H3,(H,19,20)(H2,17,18,21);3-4,6H,1-2H3,(H,7,8). The van der Waals surface area contributed by atoms with Crippen molar-refractivity contribution in [1.29, 1.82) is 0 Å². The summed E-state index contributed by atoms with van der Waals surface area (Å²) in [4.78, 5) is 32.6. The molecule has 2 aromatic carbocycles. The average Bonchev–Trinajstić information content (AvgIpc) is 2.64. The summed E-state index contributed by atoms with van der Waals surface area (Å²) in [5.41, 5.74) is 3.48. The maximum absolute atomic E-state index is 11.9. The first-order valence-electron chi connectivity index (χ1n) is 8.90. The highest BCUT2D eigenvalue weighted by molar-refractivity contribution is 6.00. The van der Waals surface area contributed by atoms with Gasteiger partial charge in [0, 0.05) is 11.4 Å². The lowest BCUT2D eigenvalue weighted by molar-refractivity contribution is -0.148. The number of carbonyl (C=O) groups excluding carboxylic acids is 1. The van der Waals surface area contributed by atoms with Crippen molar-refractivity contribution >= 4 is 29.3 Å². The molecular weight excluding hydrogens is 376 g/mol. The summed E-state index contributed by atoms with van der Waals surface area (Å²) < 4.78 is 0. The predicted molar refractivity (Wildman–Crippen MR) is 110 cm³/mol. The van der Waals surface area contributed by atoms with E-state index in [4.69, 9.17) is 15.3 Å². The van der Waals surface area contributed by atoms with Crippen LogP contribution in [-0.4, -0.2) is 39.4 Å². The Kier molecular flexibility index (Phi) is 8.82. The van der Waals surface area contributed by atoms with Gasteiger partial charge in [0.1, 0.15) is 0 Å². The van der Waals surface area contributed by atoms with Crippen molar-refractivity contribution in [2.45, 2.75) is 33.8 Å². The molecule has 0 radical (unpaired) electrons. The van der Waals surface area contributed by atoms with Gasteiger partial charge in [0.2, 0.25) is 0 Å². The molecule has 2 aromatic rings. The first-order valence-corrected chi connectivity index (χ1v) is 8.90. The number of aliphatic hydroxyl groups excluding tert-OH is 1. The molecule has 0 fully saturated rings. The van der Waals surface area contributed by atoms with Crippen molar-refractivity contribution in [3.63, 3.8) is 0 Å².